The summed E-state index contributed by atoms with van der Waals surface area (Å²) in [6.45, 7) is 4.20. The summed E-state index contributed by atoms with van der Waals surface area (Å²) in [6, 6.07) is -0.0152. The summed E-state index contributed by atoms with van der Waals surface area (Å²) in [5.41, 5.74) is 5.99. The van der Waals surface area contributed by atoms with Crippen LogP contribution in [0.1, 0.15) is 65.2 Å². The first kappa shape index (κ1) is 17.7. The van der Waals surface area contributed by atoms with E-state index in [1.807, 2.05) is 0 Å². The van der Waals surface area contributed by atoms with Gasteiger partial charge < -0.3 is 11.1 Å². The molecule has 0 spiro atoms. The number of hydrogen-bond donors (Lipinski definition) is 2. The summed E-state index contributed by atoms with van der Waals surface area (Å²) in [5, 5.41) is 3.04. The Kier molecular flexibility index (Phi) is 9.47. The number of nitrogens with one attached hydrogen (secondary N) is 1. The molecule has 0 unspecified atom stereocenters. The zero-order valence-electron chi connectivity index (χ0n) is 11.8. The molecular formula is C14H29ClN2O. The maximum absolute atomic E-state index is 11.9. The lowest BCUT2D eigenvalue weighted by Gasteiger charge is -2.25. The summed E-state index contributed by atoms with van der Waals surface area (Å²) in [7, 11) is 0. The van der Waals surface area contributed by atoms with Gasteiger partial charge in [-0.05, 0) is 25.2 Å². The van der Waals surface area contributed by atoms with Crippen molar-refractivity contribution in [3.8, 4) is 0 Å². The van der Waals surface area contributed by atoms with E-state index in [1.54, 1.807) is 0 Å². The van der Waals surface area contributed by atoms with E-state index in [0.29, 0.717) is 12.0 Å². The molecule has 1 aliphatic carbocycles. The van der Waals surface area contributed by atoms with E-state index in [-0.39, 0.29) is 24.4 Å². The Bertz CT molecular complexity index is 226. The standard InChI is InChI=1S/C14H28N2O.ClH/c1-3-12(4-2)16-14(17)13(15)10-11-8-6-5-7-9-11;/h11-13H,3-10,15H2,1-2H3,(H,16,17);1H/t13-;/m1./s1. The predicted molar refractivity (Wildman–Crippen MR) is 78.9 cm³/mol. The molecule has 3 nitrogen and oxygen atoms in total. The molecule has 1 amide bonds. The number of hydrogen-bond acceptors (Lipinski definition) is 2. The van der Waals surface area contributed by atoms with Crippen LogP contribution in [0.5, 0.6) is 0 Å². The molecule has 0 radical (unpaired) electrons. The summed E-state index contributed by atoms with van der Waals surface area (Å²) in [4.78, 5) is 11.9. The molecule has 1 aliphatic rings. The van der Waals surface area contributed by atoms with Crippen molar-refractivity contribution in [2.45, 2.75) is 77.3 Å². The number of carbonyl (C=O) groups is 1. The predicted octanol–water partition coefficient (Wildman–Crippen LogP) is 3.01. The van der Waals surface area contributed by atoms with Crippen molar-refractivity contribution in [2.75, 3.05) is 0 Å². The molecule has 0 aliphatic heterocycles. The maximum atomic E-state index is 11.9. The van der Waals surface area contributed by atoms with E-state index < -0.39 is 0 Å². The second-order valence-corrected chi connectivity index (χ2v) is 5.37. The first-order valence-electron chi connectivity index (χ1n) is 7.23. The average molecular weight is 277 g/mol. The van der Waals surface area contributed by atoms with E-state index in [2.05, 4.69) is 19.2 Å². The van der Waals surface area contributed by atoms with Crippen LogP contribution in [0.25, 0.3) is 0 Å². The van der Waals surface area contributed by atoms with Gasteiger partial charge in [-0.25, -0.2) is 0 Å². The van der Waals surface area contributed by atoms with Gasteiger partial charge in [0.15, 0.2) is 0 Å². The third kappa shape index (κ3) is 6.05. The second kappa shape index (κ2) is 9.62. The van der Waals surface area contributed by atoms with E-state index in [0.717, 1.165) is 19.3 Å². The number of rotatable bonds is 6. The van der Waals surface area contributed by atoms with Crippen molar-refractivity contribution in [1.29, 1.82) is 0 Å². The lowest BCUT2D eigenvalue weighted by Crippen LogP contribution is -2.45. The average Bonchev–Trinajstić information content (AvgIpc) is 2.36. The van der Waals surface area contributed by atoms with E-state index in [4.69, 9.17) is 5.73 Å². The van der Waals surface area contributed by atoms with Gasteiger partial charge in [-0.2, -0.15) is 0 Å². The normalized spacial score (nSPS) is 18.2. The van der Waals surface area contributed by atoms with E-state index in [9.17, 15) is 4.79 Å². The SMILES string of the molecule is CCC(CC)NC(=O)[C@H](N)CC1CCCCC1.Cl. The highest BCUT2D eigenvalue weighted by Crippen LogP contribution is 2.26. The van der Waals surface area contributed by atoms with Gasteiger partial charge in [-0.3, -0.25) is 4.79 Å². The Hall–Kier alpha value is -0.280. The Morgan fingerprint density at radius 2 is 1.78 bits per heavy atom. The molecule has 0 saturated heterocycles. The molecule has 0 bridgehead atoms. The molecule has 4 heteroatoms. The van der Waals surface area contributed by atoms with Crippen molar-refractivity contribution in [3.63, 3.8) is 0 Å². The van der Waals surface area contributed by atoms with Crippen LogP contribution in [-0.4, -0.2) is 18.0 Å². The molecule has 108 valence electrons. The van der Waals surface area contributed by atoms with Crippen molar-refractivity contribution >= 4 is 18.3 Å². The number of nitrogens with two attached hydrogens (primary N) is 1. The third-order valence-corrected chi connectivity index (χ3v) is 3.98. The van der Waals surface area contributed by atoms with Crippen LogP contribution >= 0.6 is 12.4 Å². The van der Waals surface area contributed by atoms with Crippen molar-refractivity contribution < 1.29 is 4.79 Å². The van der Waals surface area contributed by atoms with Crippen molar-refractivity contribution in [1.82, 2.24) is 5.32 Å². The van der Waals surface area contributed by atoms with Crippen LogP contribution < -0.4 is 11.1 Å². The third-order valence-electron chi connectivity index (χ3n) is 3.98. The summed E-state index contributed by atoms with van der Waals surface area (Å²) in [5.74, 6) is 0.718. The molecule has 0 aromatic rings. The lowest BCUT2D eigenvalue weighted by molar-refractivity contribution is -0.123. The van der Waals surface area contributed by atoms with Crippen LogP contribution in [0.3, 0.4) is 0 Å². The van der Waals surface area contributed by atoms with Crippen molar-refractivity contribution in [3.05, 3.63) is 0 Å². The molecule has 3 N–H and O–H groups in total. The number of amides is 1. The number of carbonyl (C=O) groups excluding carboxylic acids is 1. The van der Waals surface area contributed by atoms with Gasteiger partial charge in [0.05, 0.1) is 6.04 Å². The van der Waals surface area contributed by atoms with E-state index >= 15 is 0 Å². The Labute approximate surface area is 118 Å². The molecule has 0 aromatic heterocycles. The highest BCUT2D eigenvalue weighted by molar-refractivity contribution is 5.85. The zero-order valence-corrected chi connectivity index (χ0v) is 12.6. The maximum Gasteiger partial charge on any atom is 0.237 e. The van der Waals surface area contributed by atoms with E-state index in [1.165, 1.54) is 32.1 Å². The van der Waals surface area contributed by atoms with Gasteiger partial charge in [0.25, 0.3) is 0 Å². The van der Waals surface area contributed by atoms with Crippen LogP contribution in [-0.2, 0) is 4.79 Å². The summed E-state index contributed by atoms with van der Waals surface area (Å²) in [6.07, 6.45) is 9.32. The molecule has 1 fully saturated rings. The minimum Gasteiger partial charge on any atom is -0.352 e. The Balaban J connectivity index is 0.00000289. The van der Waals surface area contributed by atoms with Gasteiger partial charge in [0.1, 0.15) is 0 Å². The quantitative estimate of drug-likeness (QED) is 0.784. The summed E-state index contributed by atoms with van der Waals surface area (Å²) < 4.78 is 0. The Morgan fingerprint density at radius 3 is 2.28 bits per heavy atom. The second-order valence-electron chi connectivity index (χ2n) is 5.37. The topological polar surface area (TPSA) is 55.1 Å². The number of halogens is 1. The molecular weight excluding hydrogens is 248 g/mol. The Morgan fingerprint density at radius 1 is 1.22 bits per heavy atom. The minimum absolute atomic E-state index is 0. The minimum atomic E-state index is -0.307. The highest BCUT2D eigenvalue weighted by atomic mass is 35.5. The fourth-order valence-electron chi connectivity index (χ4n) is 2.69. The van der Waals surface area contributed by atoms with Gasteiger partial charge in [-0.15, -0.1) is 12.4 Å². The fraction of sp³-hybridized carbons (Fsp3) is 0.929. The highest BCUT2D eigenvalue weighted by Gasteiger charge is 2.22. The zero-order chi connectivity index (χ0) is 12.7. The lowest BCUT2D eigenvalue weighted by atomic mass is 9.85. The molecule has 1 saturated carbocycles. The molecule has 18 heavy (non-hydrogen) atoms. The van der Waals surface area contributed by atoms with Gasteiger partial charge in [0, 0.05) is 6.04 Å². The fourth-order valence-corrected chi connectivity index (χ4v) is 2.69. The molecule has 0 heterocycles. The first-order chi connectivity index (χ1) is 8.17. The van der Waals surface area contributed by atoms with Gasteiger partial charge >= 0.3 is 0 Å². The smallest absolute Gasteiger partial charge is 0.237 e. The van der Waals surface area contributed by atoms with Gasteiger partial charge in [0.2, 0.25) is 5.91 Å². The van der Waals surface area contributed by atoms with Crippen LogP contribution in [0, 0.1) is 5.92 Å². The van der Waals surface area contributed by atoms with Gasteiger partial charge in [-0.1, -0.05) is 46.0 Å². The van der Waals surface area contributed by atoms with Crippen molar-refractivity contribution in [2.24, 2.45) is 11.7 Å². The first-order valence-corrected chi connectivity index (χ1v) is 7.23. The molecule has 1 rings (SSSR count). The van der Waals surface area contributed by atoms with Crippen LogP contribution in [0.4, 0.5) is 0 Å². The van der Waals surface area contributed by atoms with Crippen LogP contribution in [0.2, 0.25) is 0 Å². The monoisotopic (exact) mass is 276 g/mol. The molecule has 1 atom stereocenters. The summed E-state index contributed by atoms with van der Waals surface area (Å²) >= 11 is 0. The van der Waals surface area contributed by atoms with Crippen LogP contribution in [0.15, 0.2) is 0 Å². The molecule has 0 aromatic carbocycles. The largest absolute Gasteiger partial charge is 0.352 e.